The molecule has 0 radical (unpaired) electrons. The zero-order valence-electron chi connectivity index (χ0n) is 21.7. The molecule has 3 aromatic heterocycles. The van der Waals surface area contributed by atoms with E-state index in [9.17, 15) is 9.18 Å². The third-order valence-electron chi connectivity index (χ3n) is 6.51. The molecule has 1 aliphatic rings. The summed E-state index contributed by atoms with van der Waals surface area (Å²) >= 11 is 1.83. The molecule has 0 bridgehead atoms. The van der Waals surface area contributed by atoms with Gasteiger partial charge < -0.3 is 19.8 Å². The van der Waals surface area contributed by atoms with Crippen molar-refractivity contribution >= 4 is 40.1 Å². The number of ether oxygens (including phenoxy) is 1. The van der Waals surface area contributed by atoms with E-state index in [1.807, 2.05) is 24.9 Å². The van der Waals surface area contributed by atoms with Crippen molar-refractivity contribution < 1.29 is 13.9 Å². The van der Waals surface area contributed by atoms with Gasteiger partial charge in [-0.1, -0.05) is 0 Å². The van der Waals surface area contributed by atoms with Crippen molar-refractivity contribution in [2.75, 3.05) is 22.3 Å². The number of aromatic nitrogens is 4. The summed E-state index contributed by atoms with van der Waals surface area (Å²) in [5.41, 5.74) is 11.7. The minimum Gasteiger partial charge on any atom is -0.436 e. The fourth-order valence-corrected chi connectivity index (χ4v) is 5.56. The van der Waals surface area contributed by atoms with E-state index >= 15 is 0 Å². The number of nitrogens with two attached hydrogens (primary N) is 1. The number of nitrogens with one attached hydrogen (secondary N) is 1. The number of H-pyrrole nitrogens is 1. The molecule has 1 saturated heterocycles. The monoisotopic (exact) mass is 532 g/mol. The van der Waals surface area contributed by atoms with Crippen molar-refractivity contribution in [2.24, 2.45) is 0 Å². The third-order valence-corrected chi connectivity index (χ3v) is 7.67. The zero-order valence-corrected chi connectivity index (χ0v) is 22.5. The second-order valence-electron chi connectivity index (χ2n) is 9.08. The van der Waals surface area contributed by atoms with Crippen LogP contribution in [0.2, 0.25) is 0 Å². The Bertz CT molecular complexity index is 1600. The molecule has 4 aromatic rings. The molecule has 1 aromatic carbocycles. The van der Waals surface area contributed by atoms with Crippen LogP contribution in [-0.4, -0.2) is 37.8 Å². The second kappa shape index (κ2) is 10.4. The first-order valence-electron chi connectivity index (χ1n) is 12.4. The number of carbonyl (C=O) groups is 1. The first kappa shape index (κ1) is 25.6. The summed E-state index contributed by atoms with van der Waals surface area (Å²) in [6.07, 6.45) is 7.01. The molecule has 196 valence electrons. The lowest BCUT2D eigenvalue weighted by Gasteiger charge is -2.18. The van der Waals surface area contributed by atoms with Gasteiger partial charge in [0.2, 0.25) is 11.7 Å². The molecule has 0 atom stereocenters. The molecular weight excluding hydrogens is 503 g/mol. The van der Waals surface area contributed by atoms with Crippen LogP contribution in [0.4, 0.5) is 15.9 Å². The highest BCUT2D eigenvalue weighted by Gasteiger charge is 2.22. The largest absolute Gasteiger partial charge is 0.436 e. The van der Waals surface area contributed by atoms with Crippen LogP contribution in [-0.2, 0) is 0 Å². The maximum absolute atomic E-state index is 13.9. The van der Waals surface area contributed by atoms with E-state index in [1.165, 1.54) is 40.5 Å². The van der Waals surface area contributed by atoms with Gasteiger partial charge in [0.05, 0.1) is 35.0 Å². The summed E-state index contributed by atoms with van der Waals surface area (Å²) in [7, 11) is 0. The van der Waals surface area contributed by atoms with E-state index in [0.29, 0.717) is 11.4 Å². The quantitative estimate of drug-likeness (QED) is 0.127. The van der Waals surface area contributed by atoms with E-state index in [-0.39, 0.29) is 28.8 Å². The summed E-state index contributed by atoms with van der Waals surface area (Å²) in [5, 5.41) is 5.33. The second-order valence-corrected chi connectivity index (χ2v) is 10.2. The van der Waals surface area contributed by atoms with E-state index < -0.39 is 5.83 Å². The predicted molar refractivity (Wildman–Crippen MR) is 151 cm³/mol. The minimum absolute atomic E-state index is 0.0819. The average molecular weight is 533 g/mol. The Morgan fingerprint density at radius 2 is 1.92 bits per heavy atom. The van der Waals surface area contributed by atoms with Crippen LogP contribution < -0.4 is 14.8 Å². The van der Waals surface area contributed by atoms with E-state index in [4.69, 9.17) is 10.5 Å². The number of pyridine rings is 1. The number of benzene rings is 1. The lowest BCUT2D eigenvalue weighted by molar-refractivity contribution is 0.103. The molecule has 10 heteroatoms. The number of aromatic amines is 1. The SMILES string of the molecule is C/C=C(F)\C(=C/C)Oc1cc(C)c(-n2ncc(C(=O)c3cc4cc(C)c(N5CCCS5)cc4[nH]3)c2N)cn1. The molecule has 1 fully saturated rings. The van der Waals surface area contributed by atoms with Gasteiger partial charge in [0.15, 0.2) is 11.6 Å². The number of fused-ring (bicyclic) bond motifs is 1. The molecule has 3 N–H and O–H groups in total. The number of halogens is 1. The smallest absolute Gasteiger partial charge is 0.219 e. The van der Waals surface area contributed by atoms with Crippen molar-refractivity contribution in [2.45, 2.75) is 34.1 Å². The Labute approximate surface area is 224 Å². The summed E-state index contributed by atoms with van der Waals surface area (Å²) in [6, 6.07) is 7.72. The van der Waals surface area contributed by atoms with Gasteiger partial charge in [0.1, 0.15) is 5.82 Å². The van der Waals surface area contributed by atoms with Gasteiger partial charge in [-0.05, 0) is 87.5 Å². The zero-order chi connectivity index (χ0) is 27.0. The van der Waals surface area contributed by atoms with Crippen LogP contribution in [0.15, 0.2) is 60.4 Å². The fraction of sp³-hybridized carbons (Fsp3) is 0.250. The summed E-state index contributed by atoms with van der Waals surface area (Å²) in [5.74, 6) is 0.910. The number of anilines is 2. The van der Waals surface area contributed by atoms with Gasteiger partial charge in [0, 0.05) is 29.3 Å². The number of hydrogen-bond donors (Lipinski definition) is 2. The average Bonchev–Trinajstić information content (AvgIpc) is 3.66. The molecule has 0 amide bonds. The van der Waals surface area contributed by atoms with Gasteiger partial charge in [-0.2, -0.15) is 5.10 Å². The van der Waals surface area contributed by atoms with Crippen LogP contribution in [0.1, 0.15) is 47.4 Å². The van der Waals surface area contributed by atoms with Gasteiger partial charge in [-0.25, -0.2) is 14.1 Å². The van der Waals surface area contributed by atoms with Crippen LogP contribution in [0.5, 0.6) is 5.88 Å². The Hall–Kier alpha value is -4.05. The molecular formula is C28H29FN6O2S. The number of carbonyl (C=O) groups excluding carboxylic acids is 1. The Kier molecular flexibility index (Phi) is 6.98. The van der Waals surface area contributed by atoms with Gasteiger partial charge >= 0.3 is 0 Å². The number of nitrogens with zero attached hydrogens (tertiary/aromatic N) is 4. The van der Waals surface area contributed by atoms with Gasteiger partial charge in [-0.3, -0.25) is 4.79 Å². The highest BCUT2D eigenvalue weighted by atomic mass is 32.2. The summed E-state index contributed by atoms with van der Waals surface area (Å²) < 4.78 is 23.3. The van der Waals surface area contributed by atoms with Crippen LogP contribution in [0.25, 0.3) is 16.6 Å². The number of rotatable bonds is 7. The van der Waals surface area contributed by atoms with E-state index in [1.54, 1.807) is 19.9 Å². The first-order valence-corrected chi connectivity index (χ1v) is 13.3. The third kappa shape index (κ3) is 4.67. The van der Waals surface area contributed by atoms with Crippen molar-refractivity contribution in [3.63, 3.8) is 0 Å². The number of ketones is 1. The van der Waals surface area contributed by atoms with E-state index in [2.05, 4.69) is 38.4 Å². The first-order chi connectivity index (χ1) is 18.3. The molecule has 0 spiro atoms. The number of aryl methyl sites for hydroxylation is 2. The molecule has 0 aliphatic carbocycles. The van der Waals surface area contributed by atoms with Crippen molar-refractivity contribution in [3.05, 3.63) is 82.8 Å². The highest BCUT2D eigenvalue weighted by Crippen LogP contribution is 2.34. The fourth-order valence-electron chi connectivity index (χ4n) is 4.48. The van der Waals surface area contributed by atoms with Crippen molar-refractivity contribution in [1.82, 2.24) is 19.7 Å². The lowest BCUT2D eigenvalue weighted by Crippen LogP contribution is -2.10. The van der Waals surface area contributed by atoms with Crippen LogP contribution in [0, 0.1) is 13.8 Å². The summed E-state index contributed by atoms with van der Waals surface area (Å²) in [4.78, 5) is 21.0. The standard InChI is InChI=1S/C28H29FN6O2S/c1-5-20(29)25(6-2)37-26-11-17(4)24(15-31-26)35-28(30)19(14-32-35)27(36)22-12-18-10-16(3)23(13-21(18)33-22)34-8-7-9-38-34/h5-6,10-15,33H,7-9,30H2,1-4H3/b20-5+,25-6+. The topological polar surface area (TPSA) is 102 Å². The highest BCUT2D eigenvalue weighted by molar-refractivity contribution is 8.00. The number of allylic oxidation sites excluding steroid dienone is 3. The molecule has 0 unspecified atom stereocenters. The van der Waals surface area contributed by atoms with Gasteiger partial charge in [-0.15, -0.1) is 0 Å². The minimum atomic E-state index is -0.478. The number of hydrogen-bond acceptors (Lipinski definition) is 7. The van der Waals surface area contributed by atoms with Crippen molar-refractivity contribution in [3.8, 4) is 11.6 Å². The Morgan fingerprint density at radius 1 is 1.13 bits per heavy atom. The van der Waals surface area contributed by atoms with Crippen LogP contribution >= 0.6 is 11.9 Å². The molecule has 0 saturated carbocycles. The maximum atomic E-state index is 13.9. The predicted octanol–water partition coefficient (Wildman–Crippen LogP) is 6.19. The van der Waals surface area contributed by atoms with E-state index in [0.717, 1.165) is 35.2 Å². The molecule has 5 rings (SSSR count). The number of nitrogen functional groups attached to an aromatic ring is 1. The van der Waals surface area contributed by atoms with Crippen molar-refractivity contribution in [1.29, 1.82) is 0 Å². The normalized spacial score (nSPS) is 14.5. The molecule has 38 heavy (non-hydrogen) atoms. The summed E-state index contributed by atoms with van der Waals surface area (Å²) in [6.45, 7) is 8.22. The lowest BCUT2D eigenvalue weighted by atomic mass is 10.1. The Morgan fingerprint density at radius 3 is 2.61 bits per heavy atom. The van der Waals surface area contributed by atoms with Crippen LogP contribution in [0.3, 0.4) is 0 Å². The molecule has 4 heterocycles. The molecule has 8 nitrogen and oxygen atoms in total. The molecule has 1 aliphatic heterocycles. The Balaban J connectivity index is 1.42. The maximum Gasteiger partial charge on any atom is 0.219 e. The van der Waals surface area contributed by atoms with Gasteiger partial charge in [0.25, 0.3) is 0 Å².